The number of rotatable bonds is 3. The van der Waals surface area contributed by atoms with Gasteiger partial charge in [-0.1, -0.05) is 57.8 Å². The Balaban J connectivity index is 2.31. The topological polar surface area (TPSA) is 48.8 Å². The van der Waals surface area contributed by atoms with Crippen molar-refractivity contribution < 1.29 is 0 Å². The lowest BCUT2D eigenvalue weighted by atomic mass is 9.73. The van der Waals surface area contributed by atoms with E-state index < -0.39 is 0 Å². The SMILES string of the molecule is [N-]=[N+]=N[C@H]1CCC[C@H](CBr)[C@H]1c1ccccc1. The lowest BCUT2D eigenvalue weighted by Gasteiger charge is -2.35. The summed E-state index contributed by atoms with van der Waals surface area (Å²) in [6.07, 6.45) is 3.37. The van der Waals surface area contributed by atoms with Gasteiger partial charge < -0.3 is 0 Å². The first-order chi connectivity index (χ1) is 8.36. The molecule has 0 heterocycles. The Morgan fingerprint density at radius 2 is 2.06 bits per heavy atom. The highest BCUT2D eigenvalue weighted by Crippen LogP contribution is 2.40. The molecule has 4 heteroatoms. The number of hydrogen-bond acceptors (Lipinski definition) is 1. The van der Waals surface area contributed by atoms with Crippen LogP contribution in [0.3, 0.4) is 0 Å². The largest absolute Gasteiger partial charge is 0.0925 e. The van der Waals surface area contributed by atoms with Crippen LogP contribution in [0.1, 0.15) is 30.7 Å². The predicted molar refractivity (Wildman–Crippen MR) is 73.3 cm³/mol. The Labute approximate surface area is 110 Å². The van der Waals surface area contributed by atoms with Crippen molar-refractivity contribution in [1.82, 2.24) is 0 Å². The van der Waals surface area contributed by atoms with Gasteiger partial charge in [-0.05, 0) is 35.8 Å². The maximum Gasteiger partial charge on any atom is 0.0445 e. The number of alkyl halides is 1. The van der Waals surface area contributed by atoms with E-state index in [1.807, 2.05) is 6.07 Å². The molecule has 0 unspecified atom stereocenters. The maximum absolute atomic E-state index is 8.69. The van der Waals surface area contributed by atoms with Gasteiger partial charge in [-0.2, -0.15) is 0 Å². The van der Waals surface area contributed by atoms with Crippen LogP contribution in [-0.2, 0) is 0 Å². The summed E-state index contributed by atoms with van der Waals surface area (Å²) in [5.41, 5.74) is 9.99. The second-order valence-electron chi connectivity index (χ2n) is 4.55. The standard InChI is InChI=1S/C13H16BrN3/c14-9-11-7-4-8-12(16-17-15)13(11)10-5-2-1-3-6-10/h1-3,5-6,11-13H,4,7-9H2/t11-,12+,13-/m1/s1. The Bertz CT molecular complexity index is 400. The quantitative estimate of drug-likeness (QED) is 0.337. The van der Waals surface area contributed by atoms with Crippen LogP contribution in [0, 0.1) is 5.92 Å². The molecule has 0 saturated heterocycles. The monoisotopic (exact) mass is 293 g/mol. The van der Waals surface area contributed by atoms with Crippen LogP contribution in [0.5, 0.6) is 0 Å². The number of hydrogen-bond donors (Lipinski definition) is 0. The smallest absolute Gasteiger partial charge is 0.0445 e. The highest BCUT2D eigenvalue weighted by Gasteiger charge is 2.32. The minimum Gasteiger partial charge on any atom is -0.0925 e. The van der Waals surface area contributed by atoms with Crippen LogP contribution in [0.2, 0.25) is 0 Å². The lowest BCUT2D eigenvalue weighted by Crippen LogP contribution is -2.30. The number of halogens is 1. The normalized spacial score (nSPS) is 28.4. The molecule has 1 aromatic rings. The summed E-state index contributed by atoms with van der Waals surface area (Å²) in [7, 11) is 0. The molecule has 0 radical (unpaired) electrons. The fourth-order valence-corrected chi connectivity index (χ4v) is 3.53. The van der Waals surface area contributed by atoms with E-state index in [1.165, 1.54) is 12.0 Å². The van der Waals surface area contributed by atoms with Crippen molar-refractivity contribution >= 4 is 15.9 Å². The van der Waals surface area contributed by atoms with Gasteiger partial charge in [0.05, 0.1) is 0 Å². The maximum atomic E-state index is 8.69. The van der Waals surface area contributed by atoms with Gasteiger partial charge in [0, 0.05) is 16.3 Å². The van der Waals surface area contributed by atoms with Crippen LogP contribution in [0.25, 0.3) is 10.4 Å². The van der Waals surface area contributed by atoms with Crippen molar-refractivity contribution in [3.63, 3.8) is 0 Å². The van der Waals surface area contributed by atoms with E-state index in [0.717, 1.165) is 18.2 Å². The summed E-state index contributed by atoms with van der Waals surface area (Å²) in [6.45, 7) is 0. The third-order valence-electron chi connectivity index (χ3n) is 3.58. The highest BCUT2D eigenvalue weighted by atomic mass is 79.9. The molecule has 2 rings (SSSR count). The molecule has 3 nitrogen and oxygen atoms in total. The van der Waals surface area contributed by atoms with Crippen molar-refractivity contribution in [2.24, 2.45) is 11.0 Å². The molecular formula is C13H16BrN3. The van der Waals surface area contributed by atoms with E-state index in [-0.39, 0.29) is 6.04 Å². The fraction of sp³-hybridized carbons (Fsp3) is 0.538. The van der Waals surface area contributed by atoms with Crippen molar-refractivity contribution in [2.45, 2.75) is 31.2 Å². The number of azide groups is 1. The Kier molecular flexibility index (Phi) is 4.46. The van der Waals surface area contributed by atoms with E-state index in [0.29, 0.717) is 11.8 Å². The Hall–Kier alpha value is -0.990. The average Bonchev–Trinajstić information content (AvgIpc) is 2.40. The molecule has 90 valence electrons. The molecule has 0 amide bonds. The van der Waals surface area contributed by atoms with Gasteiger partial charge in [-0.15, -0.1) is 0 Å². The summed E-state index contributed by atoms with van der Waals surface area (Å²) >= 11 is 3.59. The summed E-state index contributed by atoms with van der Waals surface area (Å²) in [5.74, 6) is 0.932. The minimum atomic E-state index is 0.110. The molecule has 0 spiro atoms. The summed E-state index contributed by atoms with van der Waals surface area (Å²) in [4.78, 5) is 3.01. The molecule has 0 aromatic heterocycles. The lowest BCUT2D eigenvalue weighted by molar-refractivity contribution is 0.297. The third kappa shape index (κ3) is 2.82. The van der Waals surface area contributed by atoms with Gasteiger partial charge in [0.25, 0.3) is 0 Å². The second kappa shape index (κ2) is 6.08. The van der Waals surface area contributed by atoms with Crippen molar-refractivity contribution in [3.8, 4) is 0 Å². The molecule has 1 aliphatic carbocycles. The van der Waals surface area contributed by atoms with E-state index in [9.17, 15) is 0 Å². The van der Waals surface area contributed by atoms with Gasteiger partial charge >= 0.3 is 0 Å². The third-order valence-corrected chi connectivity index (χ3v) is 4.41. The van der Waals surface area contributed by atoms with Gasteiger partial charge in [-0.3, -0.25) is 0 Å². The molecule has 17 heavy (non-hydrogen) atoms. The van der Waals surface area contributed by atoms with E-state index in [2.05, 4.69) is 50.2 Å². The molecule has 3 atom stereocenters. The first kappa shape index (κ1) is 12.5. The summed E-state index contributed by atoms with van der Waals surface area (Å²) in [5, 5.41) is 4.98. The van der Waals surface area contributed by atoms with Gasteiger partial charge in [0.1, 0.15) is 0 Å². The van der Waals surface area contributed by atoms with Crippen LogP contribution < -0.4 is 0 Å². The first-order valence-corrected chi connectivity index (χ1v) is 7.14. The summed E-state index contributed by atoms with van der Waals surface area (Å²) < 4.78 is 0. The Morgan fingerprint density at radius 3 is 2.71 bits per heavy atom. The van der Waals surface area contributed by atoms with Crippen LogP contribution in [0.4, 0.5) is 0 Å². The minimum absolute atomic E-state index is 0.110. The molecule has 1 saturated carbocycles. The second-order valence-corrected chi connectivity index (χ2v) is 5.20. The molecule has 1 aliphatic rings. The zero-order valence-electron chi connectivity index (χ0n) is 9.67. The van der Waals surface area contributed by atoms with Gasteiger partial charge in [-0.25, -0.2) is 0 Å². The van der Waals surface area contributed by atoms with Crippen molar-refractivity contribution in [1.29, 1.82) is 0 Å². The molecule has 0 aliphatic heterocycles. The van der Waals surface area contributed by atoms with E-state index in [1.54, 1.807) is 0 Å². The first-order valence-electron chi connectivity index (χ1n) is 6.02. The van der Waals surface area contributed by atoms with Crippen LogP contribution in [0.15, 0.2) is 35.4 Å². The average molecular weight is 294 g/mol. The summed E-state index contributed by atoms with van der Waals surface area (Å²) in [6, 6.07) is 10.5. The fourth-order valence-electron chi connectivity index (χ4n) is 2.80. The van der Waals surface area contributed by atoms with Crippen LogP contribution >= 0.6 is 15.9 Å². The van der Waals surface area contributed by atoms with Gasteiger partial charge in [0.15, 0.2) is 0 Å². The number of benzene rings is 1. The highest BCUT2D eigenvalue weighted by molar-refractivity contribution is 9.09. The Morgan fingerprint density at radius 1 is 1.29 bits per heavy atom. The molecule has 0 N–H and O–H groups in total. The van der Waals surface area contributed by atoms with E-state index in [4.69, 9.17) is 5.53 Å². The molecule has 1 aromatic carbocycles. The molecule has 1 fully saturated rings. The van der Waals surface area contributed by atoms with Crippen molar-refractivity contribution in [2.75, 3.05) is 5.33 Å². The van der Waals surface area contributed by atoms with Crippen molar-refractivity contribution in [3.05, 3.63) is 46.3 Å². The predicted octanol–water partition coefficient (Wildman–Crippen LogP) is 4.64. The zero-order chi connectivity index (χ0) is 12.1. The van der Waals surface area contributed by atoms with Gasteiger partial charge in [0.2, 0.25) is 0 Å². The number of nitrogens with zero attached hydrogens (tertiary/aromatic N) is 3. The zero-order valence-corrected chi connectivity index (χ0v) is 11.3. The van der Waals surface area contributed by atoms with E-state index >= 15 is 0 Å². The molecule has 0 bridgehead atoms. The van der Waals surface area contributed by atoms with Crippen LogP contribution in [-0.4, -0.2) is 11.4 Å². The molecular weight excluding hydrogens is 278 g/mol.